The number of nitro benzene ring substituents is 2. The second kappa shape index (κ2) is 6.17. The average Bonchev–Trinajstić information content (AvgIpc) is 2.80. The Hall–Kier alpha value is -3.03. The van der Waals surface area contributed by atoms with E-state index in [1.54, 1.807) is 12.2 Å². The fourth-order valence-electron chi connectivity index (χ4n) is 2.31. The number of anilines is 1. The summed E-state index contributed by atoms with van der Waals surface area (Å²) in [4.78, 5) is 32.0. The van der Waals surface area contributed by atoms with Crippen molar-refractivity contribution in [2.24, 2.45) is 5.92 Å². The van der Waals surface area contributed by atoms with Gasteiger partial charge in [0.25, 0.3) is 11.4 Å². The van der Waals surface area contributed by atoms with Gasteiger partial charge in [0, 0.05) is 23.7 Å². The second-order valence-electron chi connectivity index (χ2n) is 4.81. The largest absolute Gasteiger partial charge is 0.378 e. The van der Waals surface area contributed by atoms with Gasteiger partial charge in [-0.3, -0.25) is 25.0 Å². The van der Waals surface area contributed by atoms with Crippen molar-refractivity contribution in [2.75, 3.05) is 5.32 Å². The van der Waals surface area contributed by atoms with Crippen molar-refractivity contribution in [1.82, 2.24) is 0 Å². The van der Waals surface area contributed by atoms with E-state index in [0.29, 0.717) is 6.42 Å². The molecule has 114 valence electrons. The van der Waals surface area contributed by atoms with Gasteiger partial charge in [-0.25, -0.2) is 0 Å². The quantitative estimate of drug-likeness (QED) is 0.490. The van der Waals surface area contributed by atoms with Crippen LogP contribution in [0.5, 0.6) is 0 Å². The lowest BCUT2D eigenvalue weighted by Gasteiger charge is -2.19. The monoisotopic (exact) mass is 303 g/mol. The van der Waals surface area contributed by atoms with E-state index in [-0.39, 0.29) is 34.8 Å². The molecular weight excluding hydrogens is 290 g/mol. The summed E-state index contributed by atoms with van der Waals surface area (Å²) in [5.41, 5.74) is -0.546. The molecule has 8 nitrogen and oxygen atoms in total. The molecule has 22 heavy (non-hydrogen) atoms. The summed E-state index contributed by atoms with van der Waals surface area (Å²) in [6.07, 6.45) is 5.12. The van der Waals surface area contributed by atoms with Gasteiger partial charge in [0.2, 0.25) is 0 Å². The number of benzene rings is 1. The zero-order valence-electron chi connectivity index (χ0n) is 11.5. The maximum absolute atomic E-state index is 11.7. The van der Waals surface area contributed by atoms with Gasteiger partial charge in [-0.2, -0.15) is 0 Å². The molecule has 0 bridgehead atoms. The lowest BCUT2D eigenvalue weighted by atomic mass is 9.97. The molecule has 0 heterocycles. The van der Waals surface area contributed by atoms with E-state index in [2.05, 4.69) is 11.9 Å². The highest BCUT2D eigenvalue weighted by atomic mass is 16.6. The van der Waals surface area contributed by atoms with Crippen molar-refractivity contribution < 1.29 is 14.6 Å². The van der Waals surface area contributed by atoms with Crippen LogP contribution in [0, 0.1) is 26.1 Å². The SMILES string of the molecule is C=CCC1C(=O)C=CC1Nc1cc([N+](=O)[O-])cc([N+](=O)[O-])c1. The number of ketones is 1. The highest BCUT2D eigenvalue weighted by Crippen LogP contribution is 2.29. The van der Waals surface area contributed by atoms with Crippen LogP contribution in [-0.4, -0.2) is 21.7 Å². The third kappa shape index (κ3) is 3.17. The number of non-ortho nitro benzene ring substituents is 2. The fourth-order valence-corrected chi connectivity index (χ4v) is 2.31. The minimum atomic E-state index is -0.699. The first-order chi connectivity index (χ1) is 10.4. The summed E-state index contributed by atoms with van der Waals surface area (Å²) in [6, 6.07) is 2.91. The number of nitrogens with zero attached hydrogens (tertiary/aromatic N) is 2. The van der Waals surface area contributed by atoms with Crippen molar-refractivity contribution in [2.45, 2.75) is 12.5 Å². The van der Waals surface area contributed by atoms with Crippen LogP contribution in [0.4, 0.5) is 17.1 Å². The van der Waals surface area contributed by atoms with E-state index in [9.17, 15) is 25.0 Å². The number of hydrogen-bond donors (Lipinski definition) is 1. The van der Waals surface area contributed by atoms with Gasteiger partial charge in [-0.1, -0.05) is 12.2 Å². The molecule has 1 aliphatic rings. The number of carbonyl (C=O) groups is 1. The van der Waals surface area contributed by atoms with Gasteiger partial charge >= 0.3 is 0 Å². The van der Waals surface area contributed by atoms with Crippen molar-refractivity contribution >= 4 is 22.8 Å². The van der Waals surface area contributed by atoms with Crippen LogP contribution in [0.1, 0.15) is 6.42 Å². The summed E-state index contributed by atoms with van der Waals surface area (Å²) in [5.74, 6) is -0.437. The van der Waals surface area contributed by atoms with Crippen LogP contribution in [0.3, 0.4) is 0 Å². The average molecular weight is 303 g/mol. The smallest absolute Gasteiger partial charge is 0.278 e. The normalized spacial score (nSPS) is 19.9. The molecule has 1 N–H and O–H groups in total. The van der Waals surface area contributed by atoms with Gasteiger partial charge in [0.1, 0.15) is 0 Å². The van der Waals surface area contributed by atoms with Crippen molar-refractivity contribution in [1.29, 1.82) is 0 Å². The molecule has 0 saturated carbocycles. The Bertz CT molecular complexity index is 651. The highest BCUT2D eigenvalue weighted by Gasteiger charge is 2.29. The molecule has 2 unspecified atom stereocenters. The first kappa shape index (κ1) is 15.4. The van der Waals surface area contributed by atoms with E-state index >= 15 is 0 Å². The van der Waals surface area contributed by atoms with Crippen molar-refractivity contribution in [3.8, 4) is 0 Å². The Morgan fingerprint density at radius 3 is 2.27 bits per heavy atom. The Balaban J connectivity index is 2.30. The van der Waals surface area contributed by atoms with Gasteiger partial charge in [0.05, 0.1) is 22.0 Å². The standard InChI is InChI=1S/C14H13N3O5/c1-2-3-12-13(4-5-14(12)18)15-9-6-10(16(19)20)8-11(7-9)17(21)22/h2,4-8,12-13,15H,1,3H2. The third-order valence-corrected chi connectivity index (χ3v) is 3.34. The molecule has 0 fully saturated rings. The van der Waals surface area contributed by atoms with Crippen LogP contribution in [0.25, 0.3) is 0 Å². The van der Waals surface area contributed by atoms with E-state index < -0.39 is 9.85 Å². The van der Waals surface area contributed by atoms with Gasteiger partial charge in [-0.05, 0) is 12.5 Å². The molecule has 0 saturated heterocycles. The highest BCUT2D eigenvalue weighted by molar-refractivity contribution is 5.95. The van der Waals surface area contributed by atoms with E-state index in [1.807, 2.05) is 0 Å². The van der Waals surface area contributed by atoms with E-state index in [1.165, 1.54) is 18.2 Å². The van der Waals surface area contributed by atoms with Crippen LogP contribution in [0.2, 0.25) is 0 Å². The number of nitrogens with one attached hydrogen (secondary N) is 1. The lowest BCUT2D eigenvalue weighted by molar-refractivity contribution is -0.394. The lowest BCUT2D eigenvalue weighted by Crippen LogP contribution is -2.27. The maximum Gasteiger partial charge on any atom is 0.278 e. The molecule has 0 radical (unpaired) electrons. The molecule has 1 aromatic carbocycles. The Morgan fingerprint density at radius 1 is 1.18 bits per heavy atom. The van der Waals surface area contributed by atoms with E-state index in [0.717, 1.165) is 6.07 Å². The number of rotatable bonds is 6. The summed E-state index contributed by atoms with van der Waals surface area (Å²) in [6.45, 7) is 3.59. The van der Waals surface area contributed by atoms with Crippen LogP contribution >= 0.6 is 0 Å². The first-order valence-corrected chi connectivity index (χ1v) is 6.45. The van der Waals surface area contributed by atoms with Gasteiger partial charge in [-0.15, -0.1) is 6.58 Å². The minimum Gasteiger partial charge on any atom is -0.378 e. The molecular formula is C14H13N3O5. The van der Waals surface area contributed by atoms with Crippen LogP contribution < -0.4 is 5.32 Å². The van der Waals surface area contributed by atoms with Crippen molar-refractivity contribution in [3.05, 3.63) is 63.2 Å². The molecule has 2 rings (SSSR count). The fraction of sp³-hybridized carbons (Fsp3) is 0.214. The van der Waals surface area contributed by atoms with Crippen LogP contribution in [0.15, 0.2) is 43.0 Å². The summed E-state index contributed by atoms with van der Waals surface area (Å²) < 4.78 is 0. The van der Waals surface area contributed by atoms with Gasteiger partial charge < -0.3 is 5.32 Å². The minimum absolute atomic E-state index is 0.0719. The molecule has 8 heteroatoms. The number of nitro groups is 2. The summed E-state index contributed by atoms with van der Waals surface area (Å²) >= 11 is 0. The van der Waals surface area contributed by atoms with Crippen LogP contribution in [-0.2, 0) is 4.79 Å². The molecule has 2 atom stereocenters. The molecule has 0 amide bonds. The van der Waals surface area contributed by atoms with Gasteiger partial charge in [0.15, 0.2) is 5.78 Å². The molecule has 0 spiro atoms. The predicted molar refractivity (Wildman–Crippen MR) is 79.6 cm³/mol. The molecule has 1 aromatic rings. The Labute approximate surface area is 125 Å². The maximum atomic E-state index is 11.7. The molecule has 0 aliphatic heterocycles. The van der Waals surface area contributed by atoms with E-state index in [4.69, 9.17) is 0 Å². The third-order valence-electron chi connectivity index (χ3n) is 3.34. The predicted octanol–water partition coefficient (Wildman–Crippen LogP) is 2.61. The first-order valence-electron chi connectivity index (χ1n) is 6.45. The number of hydrogen-bond acceptors (Lipinski definition) is 6. The second-order valence-corrected chi connectivity index (χ2v) is 4.81. The number of carbonyl (C=O) groups excluding carboxylic acids is 1. The zero-order valence-corrected chi connectivity index (χ0v) is 11.5. The number of allylic oxidation sites excluding steroid dienone is 2. The Morgan fingerprint density at radius 2 is 1.77 bits per heavy atom. The molecule has 1 aliphatic carbocycles. The zero-order chi connectivity index (χ0) is 16.3. The molecule has 0 aromatic heterocycles. The summed E-state index contributed by atoms with van der Waals surface area (Å²) in [7, 11) is 0. The Kier molecular flexibility index (Phi) is 4.31. The topological polar surface area (TPSA) is 115 Å². The summed E-state index contributed by atoms with van der Waals surface area (Å²) in [5, 5.41) is 24.6. The van der Waals surface area contributed by atoms with Crippen molar-refractivity contribution in [3.63, 3.8) is 0 Å².